The molecule has 2 aromatic rings. The van der Waals surface area contributed by atoms with Gasteiger partial charge in [0.25, 0.3) is 0 Å². The number of aliphatic imine (C=N–C) groups is 1. The van der Waals surface area contributed by atoms with Gasteiger partial charge in [0.05, 0.1) is 25.1 Å². The minimum atomic E-state index is -1.62. The Balaban J connectivity index is 0.000000679. The standard InChI is InChI=1S/C26H39N2P.C4H7O.3ClH.Cr/c1-17(2)29(18(3)4)28-25(22-13-11-19(5)12-14-22)27-24-20(6)15-23(16-21(24)7)26(8,9)10;1-2-4-5-3-1;;;;/h11-18H,1-10H3,(H,27,28);3H,1-2,4H2;3*1H;/q;-1;;;;+4/p-2. The molecular weight excluding hydrogens is 594 g/mol. The quantitative estimate of drug-likeness (QED) is 0.153. The molecule has 1 aliphatic heterocycles. The summed E-state index contributed by atoms with van der Waals surface area (Å²) >= 11 is -1.62. The molecular formula is C30H47Cl3CrN2OP+. The first-order chi connectivity index (χ1) is 17.6. The Labute approximate surface area is 250 Å². The molecule has 0 aliphatic carbocycles. The van der Waals surface area contributed by atoms with Gasteiger partial charge >= 0.3 is 41.5 Å². The van der Waals surface area contributed by atoms with Crippen molar-refractivity contribution < 1.29 is 16.1 Å². The molecule has 3 nitrogen and oxygen atoms in total. The summed E-state index contributed by atoms with van der Waals surface area (Å²) in [5.41, 5.74) is 8.77. The molecule has 0 bridgehead atoms. The summed E-state index contributed by atoms with van der Waals surface area (Å²) in [5.74, 6) is 1.01. The van der Waals surface area contributed by atoms with E-state index in [1.165, 1.54) is 28.7 Å². The molecule has 0 spiro atoms. The summed E-state index contributed by atoms with van der Waals surface area (Å²) in [7, 11) is 14.0. The molecule has 0 atom stereocenters. The molecule has 38 heavy (non-hydrogen) atoms. The molecule has 0 aromatic heterocycles. The number of hydrogen-bond acceptors (Lipinski definition) is 2. The zero-order valence-corrected chi connectivity index (χ0v) is 29.3. The van der Waals surface area contributed by atoms with E-state index >= 15 is 0 Å². The Morgan fingerprint density at radius 3 is 1.82 bits per heavy atom. The second-order valence-electron chi connectivity index (χ2n) is 11.3. The summed E-state index contributed by atoms with van der Waals surface area (Å²) < 4.78 is 4.82. The molecule has 1 N–H and O–H groups in total. The maximum atomic E-state index is 5.22. The Hall–Kier alpha value is -0.298. The van der Waals surface area contributed by atoms with Crippen molar-refractivity contribution in [2.45, 2.75) is 98.8 Å². The van der Waals surface area contributed by atoms with Crippen molar-refractivity contribution in [2.24, 2.45) is 4.99 Å². The van der Waals surface area contributed by atoms with Crippen LogP contribution < -0.4 is 5.09 Å². The van der Waals surface area contributed by atoms with E-state index in [-0.39, 0.29) is 5.41 Å². The predicted octanol–water partition coefficient (Wildman–Crippen LogP) is 10.5. The van der Waals surface area contributed by atoms with Crippen molar-refractivity contribution in [2.75, 3.05) is 6.61 Å². The van der Waals surface area contributed by atoms with Crippen LogP contribution in [0, 0.1) is 27.4 Å². The third kappa shape index (κ3) is 13.4. The van der Waals surface area contributed by atoms with Crippen molar-refractivity contribution >= 4 is 49.7 Å². The topological polar surface area (TPSA) is 33.6 Å². The fourth-order valence-electron chi connectivity index (χ4n) is 4.06. The van der Waals surface area contributed by atoms with Crippen LogP contribution in [0.1, 0.15) is 89.1 Å². The van der Waals surface area contributed by atoms with Gasteiger partial charge in [0.1, 0.15) is 0 Å². The second-order valence-corrected chi connectivity index (χ2v) is 21.1. The Morgan fingerprint density at radius 1 is 0.974 bits per heavy atom. The number of halogens is 3. The average molecular weight is 641 g/mol. The van der Waals surface area contributed by atoms with Gasteiger partial charge in [-0.1, -0.05) is 69.2 Å². The van der Waals surface area contributed by atoms with E-state index in [0.717, 1.165) is 30.1 Å². The van der Waals surface area contributed by atoms with Gasteiger partial charge in [0.15, 0.2) is 5.84 Å². The van der Waals surface area contributed by atoms with Crippen molar-refractivity contribution in [3.05, 3.63) is 70.8 Å². The van der Waals surface area contributed by atoms with Gasteiger partial charge in [0, 0.05) is 12.2 Å². The van der Waals surface area contributed by atoms with Gasteiger partial charge in [-0.05, 0) is 70.6 Å². The first-order valence-electron chi connectivity index (χ1n) is 13.2. The number of rotatable bonds is 5. The molecule has 0 unspecified atom stereocenters. The zero-order chi connectivity index (χ0) is 29.0. The van der Waals surface area contributed by atoms with E-state index in [4.69, 9.17) is 39.9 Å². The monoisotopic (exact) mass is 639 g/mol. The number of amidine groups is 1. The van der Waals surface area contributed by atoms with Crippen LogP contribution in [0.2, 0.25) is 0 Å². The molecule has 1 aliphatic rings. The van der Waals surface area contributed by atoms with E-state index in [9.17, 15) is 0 Å². The first kappa shape index (κ1) is 35.7. The summed E-state index contributed by atoms with van der Waals surface area (Å²) in [6.07, 6.45) is 2.38. The Kier molecular flexibility index (Phi) is 16.5. The predicted molar refractivity (Wildman–Crippen MR) is 171 cm³/mol. The number of ether oxygens (including phenoxy) is 1. The molecule has 0 amide bonds. The number of nitrogens with zero attached hydrogens (tertiary/aromatic N) is 1. The Bertz CT molecular complexity index is 960. The Morgan fingerprint density at radius 2 is 1.47 bits per heavy atom. The van der Waals surface area contributed by atoms with Gasteiger partial charge < -0.3 is 4.74 Å². The van der Waals surface area contributed by atoms with Gasteiger partial charge in [-0.2, -0.15) is 6.42 Å². The van der Waals surface area contributed by atoms with Crippen LogP contribution in [0.4, 0.5) is 5.69 Å². The van der Waals surface area contributed by atoms with Crippen LogP contribution in [-0.4, -0.2) is 23.8 Å². The van der Waals surface area contributed by atoms with Gasteiger partial charge in [0.2, 0.25) is 0 Å². The van der Waals surface area contributed by atoms with E-state index in [1.54, 1.807) is 0 Å². The first-order valence-corrected chi connectivity index (χ1v) is 20.1. The second kappa shape index (κ2) is 17.5. The average Bonchev–Trinajstić information content (AvgIpc) is 3.37. The van der Waals surface area contributed by atoms with Crippen molar-refractivity contribution in [1.29, 1.82) is 0 Å². The molecule has 3 rings (SSSR count). The van der Waals surface area contributed by atoms with Crippen molar-refractivity contribution in [1.82, 2.24) is 5.09 Å². The fourth-order valence-corrected chi connectivity index (χ4v) is 6.45. The summed E-state index contributed by atoms with van der Waals surface area (Å²) in [6, 6.07) is 13.3. The summed E-state index contributed by atoms with van der Waals surface area (Å²) in [4.78, 5) is 5.22. The third-order valence-corrected chi connectivity index (χ3v) is 9.13. The molecule has 8 heteroatoms. The number of benzene rings is 2. The van der Waals surface area contributed by atoms with Crippen molar-refractivity contribution in [3.63, 3.8) is 0 Å². The van der Waals surface area contributed by atoms with Crippen LogP contribution in [0.25, 0.3) is 0 Å². The van der Waals surface area contributed by atoms with Crippen LogP contribution in [0.15, 0.2) is 41.4 Å². The van der Waals surface area contributed by atoms with E-state index < -0.39 is 19.5 Å². The summed E-state index contributed by atoms with van der Waals surface area (Å²) in [5, 5.41) is 3.89. The SMILES string of the molecule is Cc1ccc(C(=Nc2c(C)cc(C(C)(C)C)cc2C)N[PH+](C(C)C)C(C)C)cc1.[CH-]1CCCO1.[Cl][Cr+]([Cl])[Cl]. The van der Waals surface area contributed by atoms with Crippen LogP contribution in [0.5, 0.6) is 0 Å². The molecule has 1 saturated heterocycles. The normalized spacial score (nSPS) is 14.0. The van der Waals surface area contributed by atoms with Crippen LogP contribution in [-0.2, 0) is 21.5 Å². The molecule has 214 valence electrons. The van der Waals surface area contributed by atoms with Gasteiger partial charge in [-0.3, -0.25) is 0 Å². The van der Waals surface area contributed by atoms with E-state index in [0.29, 0.717) is 11.3 Å². The van der Waals surface area contributed by atoms with Gasteiger partial charge in [-0.15, -0.1) is 0 Å². The minimum absolute atomic E-state index is 0.140. The number of aryl methyl sites for hydroxylation is 3. The van der Waals surface area contributed by atoms with Crippen molar-refractivity contribution in [3.8, 4) is 0 Å². The molecule has 2 aromatic carbocycles. The van der Waals surface area contributed by atoms with Crippen LogP contribution >= 0.6 is 38.2 Å². The van der Waals surface area contributed by atoms with Gasteiger partial charge in [-0.25, -0.2) is 16.7 Å². The number of nitrogens with one attached hydrogen (secondary N) is 1. The molecule has 0 saturated carbocycles. The van der Waals surface area contributed by atoms with Crippen LogP contribution in [0.3, 0.4) is 0 Å². The van der Waals surface area contributed by atoms with E-state index in [2.05, 4.69) is 111 Å². The molecule has 0 radical (unpaired) electrons. The number of hydrogen-bond donors (Lipinski definition) is 1. The summed E-state index contributed by atoms with van der Waals surface area (Å²) in [6.45, 7) is 25.4. The molecule has 1 fully saturated rings. The maximum absolute atomic E-state index is 5.22. The third-order valence-electron chi connectivity index (χ3n) is 6.11. The fraction of sp³-hybridized carbons (Fsp3) is 0.533. The zero-order valence-electron chi connectivity index (χ0n) is 24.7. The van der Waals surface area contributed by atoms with E-state index in [1.807, 2.05) is 6.61 Å². The molecule has 1 heterocycles.